The molecule has 2 saturated heterocycles. The lowest BCUT2D eigenvalue weighted by Crippen LogP contribution is -2.81. The molecule has 39 heavy (non-hydrogen) atoms. The summed E-state index contributed by atoms with van der Waals surface area (Å²) in [5, 5.41) is 53.8. The first-order valence-electron chi connectivity index (χ1n) is 12.6. The summed E-state index contributed by atoms with van der Waals surface area (Å²) in [5.74, 6) is -3.89. The third kappa shape index (κ3) is 6.02. The maximum Gasteiger partial charge on any atom is 0.524 e. The Balaban J connectivity index is 1.47. The second kappa shape index (κ2) is 11.5. The lowest BCUT2D eigenvalue weighted by molar-refractivity contribution is -0.482. The monoisotopic (exact) mass is 581 g/mol. The molecule has 0 aromatic heterocycles. The van der Waals surface area contributed by atoms with Gasteiger partial charge < -0.3 is 55.1 Å². The van der Waals surface area contributed by atoms with E-state index in [0.717, 1.165) is 6.07 Å². The SMILES string of the molecule is CN[C@@H]1[C@H](O)[C@H](NC)[C@H]2O[C@]3(O)[C@H](O[C@@H]2[C@H]1O)O[C@H](C)C[C@@]3(O)CNCCc1ccc(F)c(OP(=O)(O)O)c1. The van der Waals surface area contributed by atoms with E-state index in [9.17, 15) is 29.4 Å². The second-order valence-electron chi connectivity index (χ2n) is 10.3. The molecular weight excluding hydrogens is 544 g/mol. The number of fused-ring (bicyclic) bond motifs is 2. The first-order chi connectivity index (χ1) is 18.2. The van der Waals surface area contributed by atoms with Gasteiger partial charge in [0.05, 0.1) is 24.3 Å². The van der Waals surface area contributed by atoms with Crippen LogP contribution in [0.1, 0.15) is 18.9 Å². The van der Waals surface area contributed by atoms with E-state index >= 15 is 0 Å². The number of phosphoric acid groups is 1. The summed E-state index contributed by atoms with van der Waals surface area (Å²) in [6, 6.07) is 2.10. The van der Waals surface area contributed by atoms with Gasteiger partial charge in [0.2, 0.25) is 12.1 Å². The summed E-state index contributed by atoms with van der Waals surface area (Å²) in [6.45, 7) is 1.72. The molecule has 1 saturated carbocycles. The highest BCUT2D eigenvalue weighted by Gasteiger charge is 2.68. The van der Waals surface area contributed by atoms with Crippen molar-refractivity contribution in [2.24, 2.45) is 0 Å². The van der Waals surface area contributed by atoms with Crippen molar-refractivity contribution in [1.82, 2.24) is 16.0 Å². The molecule has 0 amide bonds. The van der Waals surface area contributed by atoms with Crippen molar-refractivity contribution in [3.8, 4) is 5.75 Å². The molecule has 0 unspecified atom stereocenters. The van der Waals surface area contributed by atoms with E-state index in [2.05, 4.69) is 20.5 Å². The molecule has 3 aliphatic rings. The zero-order chi connectivity index (χ0) is 28.8. The van der Waals surface area contributed by atoms with Gasteiger partial charge in [-0.15, -0.1) is 0 Å². The molecule has 2 heterocycles. The molecule has 222 valence electrons. The fourth-order valence-corrected chi connectivity index (χ4v) is 6.05. The van der Waals surface area contributed by atoms with E-state index in [-0.39, 0.29) is 25.9 Å². The van der Waals surface area contributed by atoms with Crippen LogP contribution in [0.3, 0.4) is 0 Å². The molecule has 1 aliphatic carbocycles. The molecule has 2 aliphatic heterocycles. The van der Waals surface area contributed by atoms with Crippen molar-refractivity contribution in [3.63, 3.8) is 0 Å². The number of ether oxygens (including phenoxy) is 3. The summed E-state index contributed by atoms with van der Waals surface area (Å²) in [6.07, 6.45) is -6.12. The zero-order valence-electron chi connectivity index (χ0n) is 21.7. The maximum absolute atomic E-state index is 13.9. The summed E-state index contributed by atoms with van der Waals surface area (Å²) in [5.41, 5.74) is -1.43. The van der Waals surface area contributed by atoms with Gasteiger partial charge in [-0.2, -0.15) is 0 Å². The minimum Gasteiger partial charge on any atom is -0.401 e. The molecule has 9 N–H and O–H groups in total. The van der Waals surface area contributed by atoms with Crippen molar-refractivity contribution >= 4 is 7.82 Å². The Morgan fingerprint density at radius 1 is 1.10 bits per heavy atom. The summed E-state index contributed by atoms with van der Waals surface area (Å²) >= 11 is 0. The van der Waals surface area contributed by atoms with Crippen LogP contribution < -0.4 is 20.5 Å². The summed E-state index contributed by atoms with van der Waals surface area (Å²) in [4.78, 5) is 17.9. The molecule has 3 fully saturated rings. The molecule has 10 atom stereocenters. The maximum atomic E-state index is 13.9. The largest absolute Gasteiger partial charge is 0.524 e. The van der Waals surface area contributed by atoms with Crippen LogP contribution >= 0.6 is 7.82 Å². The number of aliphatic hydroxyl groups excluding tert-OH is 2. The van der Waals surface area contributed by atoms with Gasteiger partial charge in [-0.05, 0) is 51.7 Å². The summed E-state index contributed by atoms with van der Waals surface area (Å²) in [7, 11) is -1.77. The lowest BCUT2D eigenvalue weighted by atomic mass is 9.77. The van der Waals surface area contributed by atoms with Gasteiger partial charge in [-0.3, -0.25) is 9.79 Å². The van der Waals surface area contributed by atoms with Gasteiger partial charge in [0.25, 0.3) is 0 Å². The Labute approximate surface area is 224 Å². The van der Waals surface area contributed by atoms with Crippen LogP contribution in [0.25, 0.3) is 0 Å². The van der Waals surface area contributed by atoms with Crippen molar-refractivity contribution in [2.75, 3.05) is 27.2 Å². The van der Waals surface area contributed by atoms with E-state index < -0.39 is 79.7 Å². The highest BCUT2D eigenvalue weighted by molar-refractivity contribution is 7.46. The number of nitrogens with one attached hydrogen (secondary N) is 3. The molecule has 1 aromatic rings. The van der Waals surface area contributed by atoms with Crippen LogP contribution in [0.4, 0.5) is 4.39 Å². The molecular formula is C23H37FN3O11P. The zero-order valence-corrected chi connectivity index (χ0v) is 22.6. The normalized spacial score (nSPS) is 40.6. The van der Waals surface area contributed by atoms with E-state index in [0.29, 0.717) is 5.56 Å². The molecule has 0 spiro atoms. The predicted molar refractivity (Wildman–Crippen MR) is 132 cm³/mol. The number of halogens is 1. The minimum absolute atomic E-state index is 0.0426. The van der Waals surface area contributed by atoms with Crippen molar-refractivity contribution in [2.45, 2.75) is 80.0 Å². The lowest BCUT2D eigenvalue weighted by Gasteiger charge is -2.60. The van der Waals surface area contributed by atoms with Crippen LogP contribution in [0, 0.1) is 5.82 Å². The smallest absolute Gasteiger partial charge is 0.401 e. The van der Waals surface area contributed by atoms with Crippen molar-refractivity contribution in [3.05, 3.63) is 29.6 Å². The Hall–Kier alpha value is -1.30. The molecule has 14 nitrogen and oxygen atoms in total. The van der Waals surface area contributed by atoms with Crippen LogP contribution in [0.5, 0.6) is 5.75 Å². The number of hydrogen-bond acceptors (Lipinski definition) is 12. The Kier molecular flexibility index (Phi) is 9.06. The van der Waals surface area contributed by atoms with Crippen molar-refractivity contribution in [1.29, 1.82) is 0 Å². The second-order valence-corrected chi connectivity index (χ2v) is 11.4. The predicted octanol–water partition coefficient (Wildman–Crippen LogP) is -2.32. The number of likely N-dealkylation sites (N-methyl/N-ethyl adjacent to an activating group) is 2. The topological polar surface area (TPSA) is 211 Å². The Bertz CT molecular complexity index is 1070. The average molecular weight is 582 g/mol. The molecule has 4 rings (SSSR count). The van der Waals surface area contributed by atoms with Gasteiger partial charge in [-0.25, -0.2) is 8.96 Å². The summed E-state index contributed by atoms with van der Waals surface area (Å²) < 4.78 is 47.1. The van der Waals surface area contributed by atoms with Gasteiger partial charge in [-0.1, -0.05) is 6.07 Å². The molecule has 0 radical (unpaired) electrons. The number of benzene rings is 1. The first kappa shape index (κ1) is 30.7. The number of rotatable bonds is 9. The Morgan fingerprint density at radius 3 is 2.44 bits per heavy atom. The van der Waals surface area contributed by atoms with Gasteiger partial charge in [0.1, 0.15) is 23.9 Å². The molecule has 1 aromatic carbocycles. The van der Waals surface area contributed by atoms with E-state index in [1.807, 2.05) is 0 Å². The van der Waals surface area contributed by atoms with Crippen LogP contribution in [-0.4, -0.2) is 118 Å². The van der Waals surface area contributed by atoms with E-state index in [1.54, 1.807) is 21.0 Å². The molecule has 16 heteroatoms. The Morgan fingerprint density at radius 2 is 1.79 bits per heavy atom. The van der Waals surface area contributed by atoms with Crippen molar-refractivity contribution < 1.29 is 57.9 Å². The third-order valence-electron chi connectivity index (χ3n) is 7.57. The fourth-order valence-electron chi connectivity index (χ4n) is 5.66. The third-order valence-corrected chi connectivity index (χ3v) is 8.00. The number of aliphatic hydroxyl groups is 4. The minimum atomic E-state index is -4.95. The number of phosphoric ester groups is 1. The average Bonchev–Trinajstić information content (AvgIpc) is 2.84. The quantitative estimate of drug-likeness (QED) is 0.111. The number of hydrogen-bond donors (Lipinski definition) is 9. The first-order valence-corrected chi connectivity index (χ1v) is 14.1. The van der Waals surface area contributed by atoms with Crippen LogP contribution in [-0.2, 0) is 25.2 Å². The highest BCUT2D eigenvalue weighted by atomic mass is 31.2. The fraction of sp³-hybridized carbons (Fsp3) is 0.739. The van der Waals surface area contributed by atoms with Crippen LogP contribution in [0.15, 0.2) is 18.2 Å². The van der Waals surface area contributed by atoms with Gasteiger partial charge in [0.15, 0.2) is 11.6 Å². The molecule has 0 bridgehead atoms. The van der Waals surface area contributed by atoms with Gasteiger partial charge >= 0.3 is 7.82 Å². The van der Waals surface area contributed by atoms with Gasteiger partial charge in [0, 0.05) is 13.0 Å². The van der Waals surface area contributed by atoms with E-state index in [4.69, 9.17) is 24.0 Å². The van der Waals surface area contributed by atoms with Crippen LogP contribution in [0.2, 0.25) is 0 Å². The highest BCUT2D eigenvalue weighted by Crippen LogP contribution is 2.46. The standard InChI is InChI=1S/C23H37FN3O11P/c1-11-9-22(30,10-27-7-6-12-4-5-13(24)14(8-12)38-39(32,33)34)23(31)21(35-11)36-20-18(29)15(25-2)17(28)16(26-3)19(20)37-23/h4-5,8,11,15-21,25-31H,6-7,9-10H2,1-3H3,(H2,32,33,34)/t11-,15-,16+,17+,18+,19-,20-,21+,22-,23-/m1/s1. The van der Waals surface area contributed by atoms with E-state index in [1.165, 1.54) is 12.1 Å².